The van der Waals surface area contributed by atoms with Crippen LogP contribution in [0.5, 0.6) is 11.5 Å². The molecule has 0 saturated heterocycles. The second kappa shape index (κ2) is 16.8. The quantitative estimate of drug-likeness (QED) is 0.0923. The molecule has 0 radical (unpaired) electrons. The molecule has 0 bridgehead atoms. The molecule has 0 amide bonds. The van der Waals surface area contributed by atoms with Gasteiger partial charge in [-0.25, -0.2) is 8.42 Å². The van der Waals surface area contributed by atoms with Crippen LogP contribution in [0.3, 0.4) is 0 Å². The van der Waals surface area contributed by atoms with Gasteiger partial charge in [-0.2, -0.15) is 20.5 Å². The zero-order valence-corrected chi connectivity index (χ0v) is 27.9. The van der Waals surface area contributed by atoms with E-state index in [1.165, 1.54) is 91.0 Å². The fourth-order valence-electron chi connectivity index (χ4n) is 3.26. The first-order chi connectivity index (χ1) is 18.6. The van der Waals surface area contributed by atoms with E-state index in [4.69, 9.17) is 0 Å². The minimum absolute atomic E-state index is 0. The molecule has 0 saturated carbocycles. The van der Waals surface area contributed by atoms with Gasteiger partial charge in [0.05, 0.1) is 27.6 Å². The average molecular weight is 626 g/mol. The Bertz CT molecular complexity index is 1790. The Morgan fingerprint density at radius 2 is 1.00 bits per heavy atom. The molecule has 0 aromatic heterocycles. The molecule has 0 spiro atoms. The average Bonchev–Trinajstić information content (AvgIpc) is 2.91. The molecule has 4 aromatic rings. The summed E-state index contributed by atoms with van der Waals surface area (Å²) in [4.78, 5) is -0.690. The summed E-state index contributed by atoms with van der Waals surface area (Å²) in [5, 5.41) is 34.5. The van der Waals surface area contributed by atoms with Gasteiger partial charge in [-0.1, -0.05) is 29.2 Å². The van der Waals surface area contributed by atoms with Crippen molar-refractivity contribution in [2.75, 3.05) is 0 Å². The van der Waals surface area contributed by atoms with E-state index in [0.717, 1.165) is 6.07 Å². The molecule has 206 valence electrons. The van der Waals surface area contributed by atoms with E-state index in [1.807, 2.05) is 0 Å². The van der Waals surface area contributed by atoms with Crippen LogP contribution in [0.2, 0.25) is 0 Å². The van der Waals surface area contributed by atoms with Crippen LogP contribution in [0.1, 0.15) is 11.1 Å². The summed E-state index contributed by atoms with van der Waals surface area (Å²) in [6.45, 7) is 0. The van der Waals surface area contributed by atoms with Gasteiger partial charge in [0.25, 0.3) is 0 Å². The summed E-state index contributed by atoms with van der Waals surface area (Å²) in [5.41, 5.74) is 1.42. The van der Waals surface area contributed by atoms with Crippen molar-refractivity contribution in [3.8, 4) is 11.5 Å². The molecular weight excluding hydrogens is 606 g/mol. The number of phenolic OH excluding ortho intramolecular Hbond substituents is 2. The molecule has 0 atom stereocenters. The molecule has 0 aliphatic rings. The zero-order chi connectivity index (χ0) is 28.0. The number of hydrogen-bond acceptors (Lipinski definition) is 13. The maximum absolute atomic E-state index is 11.9. The maximum atomic E-state index is 11.9. The Hall–Kier alpha value is -2.76. The summed E-state index contributed by atoms with van der Waals surface area (Å²) in [6, 6.07) is 19.8. The van der Waals surface area contributed by atoms with Gasteiger partial charge in [-0.15, -0.1) is 0 Å². The van der Waals surface area contributed by atoms with Gasteiger partial charge < -0.3 is 28.7 Å². The van der Waals surface area contributed by atoms with Crippen LogP contribution in [0.4, 0.5) is 22.7 Å². The van der Waals surface area contributed by atoms with Crippen LogP contribution in [-0.4, -0.2) is 28.7 Å². The molecule has 0 heterocycles. The summed E-state index contributed by atoms with van der Waals surface area (Å²) in [5.74, 6) is 0.108. The monoisotopic (exact) mass is 625 g/mol. The standard InChI is InChI=1S/C26H19N4O7S2.2Na.H2O/c31-23-11-7-19(8-12-23)27-29-21-5-3-17(25(15-21)38(33)34)1-2-18-4-6-22(16-26(18)39(35,36)37)30-28-20-9-13-24(32)14-10-20;;;/h1-16,31-32H,(H,35,36,37);;;1H2/q-1;2*+1;/p-2/b2-1+,29-27?,30-28?;;;. The number of nitrogens with zero attached hydrogens (tertiary/aromatic N) is 4. The fourth-order valence-corrected chi connectivity index (χ4v) is 4.49. The van der Waals surface area contributed by atoms with E-state index in [0.29, 0.717) is 11.4 Å². The predicted molar refractivity (Wildman–Crippen MR) is 143 cm³/mol. The van der Waals surface area contributed by atoms with Crippen LogP contribution >= 0.6 is 0 Å². The number of benzene rings is 4. The molecule has 0 aliphatic carbocycles. The summed E-state index contributed by atoms with van der Waals surface area (Å²) < 4.78 is 59.5. The van der Waals surface area contributed by atoms with Gasteiger partial charge in [0, 0.05) is 0 Å². The van der Waals surface area contributed by atoms with Gasteiger partial charge >= 0.3 is 59.1 Å². The van der Waals surface area contributed by atoms with Gasteiger partial charge in [-0.3, -0.25) is 0 Å². The number of rotatable bonds is 8. The third-order valence-corrected chi connectivity index (χ3v) is 6.75. The second-order valence-electron chi connectivity index (χ2n) is 7.90. The second-order valence-corrected chi connectivity index (χ2v) is 10.2. The van der Waals surface area contributed by atoms with E-state index < -0.39 is 25.7 Å². The van der Waals surface area contributed by atoms with Crippen molar-refractivity contribution in [3.05, 3.63) is 96.1 Å². The summed E-state index contributed by atoms with van der Waals surface area (Å²) in [7, 11) is -7.59. The van der Waals surface area contributed by atoms with Crippen molar-refractivity contribution in [2.45, 2.75) is 9.79 Å². The Morgan fingerprint density at radius 1 is 0.619 bits per heavy atom. The molecule has 42 heavy (non-hydrogen) atoms. The van der Waals surface area contributed by atoms with Crippen LogP contribution in [0.25, 0.3) is 12.2 Å². The minimum atomic E-state index is -4.92. The van der Waals surface area contributed by atoms with Crippen LogP contribution in [0, 0.1) is 0 Å². The molecule has 12 nitrogen and oxygen atoms in total. The number of aromatic hydroxyl groups is 2. The Balaban J connectivity index is 0.00000294. The van der Waals surface area contributed by atoms with Crippen LogP contribution in [-0.2, 0) is 29.2 Å². The molecule has 3 N–H and O–H groups in total. The van der Waals surface area contributed by atoms with Crippen molar-refractivity contribution in [2.24, 2.45) is 20.5 Å². The van der Waals surface area contributed by atoms with Crippen molar-refractivity contribution >= 4 is 55.7 Å². The van der Waals surface area contributed by atoms with E-state index >= 15 is 0 Å². The van der Waals surface area contributed by atoms with Crippen LogP contribution in [0.15, 0.2) is 115 Å². The van der Waals surface area contributed by atoms with Gasteiger partial charge in [0.1, 0.15) is 21.6 Å². The van der Waals surface area contributed by atoms with E-state index in [1.54, 1.807) is 0 Å². The Kier molecular flexibility index (Phi) is 14.9. The zero-order valence-electron chi connectivity index (χ0n) is 22.2. The first kappa shape index (κ1) is 37.3. The topological polar surface area (TPSA) is 211 Å². The Morgan fingerprint density at radius 3 is 1.45 bits per heavy atom. The maximum Gasteiger partial charge on any atom is 1.00 e. The third-order valence-electron chi connectivity index (χ3n) is 5.15. The molecule has 4 aromatic carbocycles. The molecule has 16 heteroatoms. The van der Waals surface area contributed by atoms with Crippen molar-refractivity contribution < 1.29 is 96.2 Å². The number of phenols is 2. The number of hydrogen-bond donors (Lipinski definition) is 2. The number of azo groups is 2. The summed E-state index contributed by atoms with van der Waals surface area (Å²) >= 11 is 0. The van der Waals surface area contributed by atoms with Crippen molar-refractivity contribution in [1.29, 1.82) is 0 Å². The van der Waals surface area contributed by atoms with E-state index in [2.05, 4.69) is 20.5 Å². The first-order valence-corrected chi connectivity index (χ1v) is 13.5. The molecule has 0 aliphatic heterocycles. The van der Waals surface area contributed by atoms with Gasteiger partial charge in [0.2, 0.25) is 0 Å². The predicted octanol–water partition coefficient (Wildman–Crippen LogP) is 0.503. The summed E-state index contributed by atoms with van der Waals surface area (Å²) in [6.07, 6.45) is 2.66. The SMILES string of the molecule is O=[S-](=O)c1cc(N=Nc2ccc(O)cc2)ccc1/C=C/c1ccc(N=Nc2ccc(O)cc2)cc1S(=O)(=O)[O-].[Na+].[Na+].[OH-]. The normalized spacial score (nSPS) is 11.4. The Labute approximate surface area is 287 Å². The van der Waals surface area contributed by atoms with Crippen molar-refractivity contribution in [1.82, 2.24) is 0 Å². The fraction of sp³-hybridized carbons (Fsp3) is 0. The van der Waals surface area contributed by atoms with Crippen LogP contribution < -0.4 is 59.1 Å². The molecule has 0 unspecified atom stereocenters. The van der Waals surface area contributed by atoms with Crippen molar-refractivity contribution in [3.63, 3.8) is 0 Å². The largest absolute Gasteiger partial charge is 1.00 e. The van der Waals surface area contributed by atoms with E-state index in [9.17, 15) is 31.6 Å². The third kappa shape index (κ3) is 10.5. The molecule has 0 fully saturated rings. The minimum Gasteiger partial charge on any atom is -0.870 e. The molecular formula is C26H19N4Na2O8S2-. The smallest absolute Gasteiger partial charge is 0.870 e. The first-order valence-electron chi connectivity index (χ1n) is 11.0. The van der Waals surface area contributed by atoms with E-state index in [-0.39, 0.29) is 103 Å². The van der Waals surface area contributed by atoms with Gasteiger partial charge in [-0.05, 0) is 94.6 Å². The van der Waals surface area contributed by atoms with Gasteiger partial charge in [0.15, 0.2) is 0 Å². The molecule has 4 rings (SSSR count).